The first-order valence-electron chi connectivity index (χ1n) is 9.47. The van der Waals surface area contributed by atoms with E-state index < -0.39 is 17.6 Å². The number of para-hydroxylation sites is 4. The van der Waals surface area contributed by atoms with E-state index in [1.807, 2.05) is 0 Å². The van der Waals surface area contributed by atoms with E-state index in [9.17, 15) is 14.0 Å². The highest BCUT2D eigenvalue weighted by atomic mass is 19.1. The summed E-state index contributed by atoms with van der Waals surface area (Å²) in [7, 11) is 2.98. The molecule has 3 aromatic rings. The van der Waals surface area contributed by atoms with Gasteiger partial charge in [-0.25, -0.2) is 9.29 Å². The van der Waals surface area contributed by atoms with Crippen molar-refractivity contribution >= 4 is 28.8 Å². The quantitative estimate of drug-likeness (QED) is 0.607. The highest BCUT2D eigenvalue weighted by Gasteiger charge is 2.41. The smallest absolute Gasteiger partial charge is 0.282 e. The van der Waals surface area contributed by atoms with Crippen molar-refractivity contribution in [2.45, 2.75) is 0 Å². The van der Waals surface area contributed by atoms with Crippen LogP contribution in [0.5, 0.6) is 11.5 Å². The molecule has 1 aliphatic rings. The van der Waals surface area contributed by atoms with Crippen LogP contribution in [0.15, 0.2) is 78.5 Å². The second-order valence-corrected chi connectivity index (χ2v) is 6.70. The van der Waals surface area contributed by atoms with Crippen LogP contribution in [-0.2, 0) is 9.59 Å². The fourth-order valence-corrected chi connectivity index (χ4v) is 3.45. The first-order chi connectivity index (χ1) is 15.0. The Morgan fingerprint density at radius 3 is 2.06 bits per heavy atom. The van der Waals surface area contributed by atoms with Crippen LogP contribution >= 0.6 is 0 Å². The molecule has 0 aliphatic carbocycles. The molecule has 0 aromatic heterocycles. The summed E-state index contributed by atoms with van der Waals surface area (Å²) in [6, 6.07) is 19.2. The molecule has 0 radical (unpaired) electrons. The fourth-order valence-electron chi connectivity index (χ4n) is 3.45. The summed E-state index contributed by atoms with van der Waals surface area (Å²) in [5.74, 6) is -0.661. The first kappa shape index (κ1) is 20.2. The van der Waals surface area contributed by atoms with Gasteiger partial charge in [0.1, 0.15) is 23.0 Å². The van der Waals surface area contributed by atoms with E-state index in [1.165, 1.54) is 38.5 Å². The molecular formula is C24H19FN2O4. The van der Waals surface area contributed by atoms with Crippen molar-refractivity contribution in [1.82, 2.24) is 0 Å². The Labute approximate surface area is 178 Å². The van der Waals surface area contributed by atoms with Gasteiger partial charge in [-0.3, -0.25) is 9.59 Å². The van der Waals surface area contributed by atoms with Gasteiger partial charge in [0.2, 0.25) is 0 Å². The van der Waals surface area contributed by atoms with Gasteiger partial charge in [-0.2, -0.15) is 0 Å². The van der Waals surface area contributed by atoms with Crippen molar-refractivity contribution in [3.63, 3.8) is 0 Å². The number of hydrogen-bond acceptors (Lipinski definition) is 5. The van der Waals surface area contributed by atoms with Gasteiger partial charge in [-0.15, -0.1) is 0 Å². The minimum atomic E-state index is -0.556. The molecule has 0 bridgehead atoms. The Bertz CT molecular complexity index is 1190. The van der Waals surface area contributed by atoms with E-state index in [0.29, 0.717) is 28.4 Å². The van der Waals surface area contributed by atoms with Gasteiger partial charge in [-0.1, -0.05) is 36.4 Å². The maximum atomic E-state index is 13.5. The summed E-state index contributed by atoms with van der Waals surface area (Å²) >= 11 is 0. The van der Waals surface area contributed by atoms with Crippen molar-refractivity contribution in [3.05, 3.63) is 89.9 Å². The van der Waals surface area contributed by atoms with E-state index >= 15 is 0 Å². The van der Waals surface area contributed by atoms with Crippen LogP contribution in [0.1, 0.15) is 5.56 Å². The van der Waals surface area contributed by atoms with Crippen molar-refractivity contribution in [3.8, 4) is 11.5 Å². The average molecular weight is 418 g/mol. The SMILES string of the molecule is COc1ccccc1NC1=C(c2ccc(F)cc2)C(=O)N(c2ccccc2OC)C1=O. The molecule has 4 rings (SSSR count). The molecule has 3 aromatic carbocycles. The number of halogens is 1. The van der Waals surface area contributed by atoms with Crippen molar-refractivity contribution < 1.29 is 23.5 Å². The van der Waals surface area contributed by atoms with E-state index in [0.717, 1.165) is 4.90 Å². The van der Waals surface area contributed by atoms with Gasteiger partial charge >= 0.3 is 0 Å². The monoisotopic (exact) mass is 418 g/mol. The van der Waals surface area contributed by atoms with Crippen LogP contribution in [0.2, 0.25) is 0 Å². The first-order valence-corrected chi connectivity index (χ1v) is 9.47. The summed E-state index contributed by atoms with van der Waals surface area (Å²) < 4.78 is 24.2. The summed E-state index contributed by atoms with van der Waals surface area (Å²) in [6.07, 6.45) is 0. The molecule has 2 amide bonds. The number of amides is 2. The molecule has 6 nitrogen and oxygen atoms in total. The molecule has 1 heterocycles. The molecule has 0 saturated carbocycles. The molecule has 0 fully saturated rings. The number of imide groups is 1. The Kier molecular flexibility index (Phi) is 5.41. The van der Waals surface area contributed by atoms with Crippen molar-refractivity contribution in [2.24, 2.45) is 0 Å². The third kappa shape index (κ3) is 3.61. The molecule has 0 saturated heterocycles. The molecular weight excluding hydrogens is 399 g/mol. The summed E-state index contributed by atoms with van der Waals surface area (Å²) in [5, 5.41) is 3.05. The second kappa shape index (κ2) is 8.31. The number of nitrogens with zero attached hydrogens (tertiary/aromatic N) is 1. The minimum absolute atomic E-state index is 0.0621. The number of ether oxygens (including phenoxy) is 2. The van der Waals surface area contributed by atoms with Gasteiger partial charge < -0.3 is 14.8 Å². The Morgan fingerprint density at radius 1 is 0.774 bits per heavy atom. The standard InChI is InChI=1S/C24H19FN2O4/c1-30-19-9-5-3-7-17(19)26-22-21(15-11-13-16(25)14-12-15)23(28)27(24(22)29)18-8-4-6-10-20(18)31-2/h3-14,26H,1-2H3. The molecule has 156 valence electrons. The lowest BCUT2D eigenvalue weighted by Gasteiger charge is -2.18. The van der Waals surface area contributed by atoms with Crippen LogP contribution in [0.25, 0.3) is 5.57 Å². The Hall–Kier alpha value is -4.13. The van der Waals surface area contributed by atoms with Crippen molar-refractivity contribution in [2.75, 3.05) is 24.4 Å². The van der Waals surface area contributed by atoms with E-state index in [-0.39, 0.29) is 11.3 Å². The van der Waals surface area contributed by atoms with Crippen LogP contribution in [0, 0.1) is 5.82 Å². The number of carbonyl (C=O) groups excluding carboxylic acids is 2. The largest absolute Gasteiger partial charge is 0.495 e. The summed E-state index contributed by atoms with van der Waals surface area (Å²) in [5.41, 5.74) is 1.43. The molecule has 0 atom stereocenters. The van der Waals surface area contributed by atoms with Crippen LogP contribution < -0.4 is 19.7 Å². The highest BCUT2D eigenvalue weighted by Crippen LogP contribution is 2.38. The van der Waals surface area contributed by atoms with Gasteiger partial charge in [0.25, 0.3) is 11.8 Å². The number of hydrogen-bond donors (Lipinski definition) is 1. The van der Waals surface area contributed by atoms with Crippen LogP contribution in [0.4, 0.5) is 15.8 Å². The summed E-state index contributed by atoms with van der Waals surface area (Å²) in [4.78, 5) is 28.0. The van der Waals surface area contributed by atoms with Crippen molar-refractivity contribution in [1.29, 1.82) is 0 Å². The predicted octanol–water partition coefficient (Wildman–Crippen LogP) is 4.24. The number of carbonyl (C=O) groups is 2. The lowest BCUT2D eigenvalue weighted by molar-refractivity contribution is -0.120. The Balaban J connectivity index is 1.86. The topological polar surface area (TPSA) is 67.9 Å². The summed E-state index contributed by atoms with van der Waals surface area (Å²) in [6.45, 7) is 0. The predicted molar refractivity (Wildman–Crippen MR) is 115 cm³/mol. The molecule has 0 unspecified atom stereocenters. The molecule has 7 heteroatoms. The van der Waals surface area contributed by atoms with Gasteiger partial charge in [-0.05, 0) is 42.0 Å². The zero-order valence-corrected chi connectivity index (χ0v) is 16.9. The van der Waals surface area contributed by atoms with Gasteiger partial charge in [0, 0.05) is 0 Å². The zero-order chi connectivity index (χ0) is 22.0. The normalized spacial score (nSPS) is 13.6. The average Bonchev–Trinajstić information content (AvgIpc) is 3.04. The highest BCUT2D eigenvalue weighted by molar-refractivity contribution is 6.46. The van der Waals surface area contributed by atoms with Gasteiger partial charge in [0.15, 0.2) is 0 Å². The molecule has 1 N–H and O–H groups in total. The number of methoxy groups -OCH3 is 2. The molecule has 1 aliphatic heterocycles. The lowest BCUT2D eigenvalue weighted by Crippen LogP contribution is -2.32. The van der Waals surface area contributed by atoms with Gasteiger partial charge in [0.05, 0.1) is 31.2 Å². The van der Waals surface area contributed by atoms with Crippen LogP contribution in [0.3, 0.4) is 0 Å². The number of nitrogens with one attached hydrogen (secondary N) is 1. The third-order valence-electron chi connectivity index (χ3n) is 4.91. The fraction of sp³-hybridized carbons (Fsp3) is 0.0833. The lowest BCUT2D eigenvalue weighted by atomic mass is 10.0. The maximum Gasteiger partial charge on any atom is 0.282 e. The number of rotatable bonds is 6. The van der Waals surface area contributed by atoms with E-state index in [1.54, 1.807) is 48.5 Å². The Morgan fingerprint density at radius 2 is 1.39 bits per heavy atom. The molecule has 0 spiro atoms. The number of anilines is 2. The van der Waals surface area contributed by atoms with E-state index in [2.05, 4.69) is 5.32 Å². The van der Waals surface area contributed by atoms with E-state index in [4.69, 9.17) is 9.47 Å². The number of benzene rings is 3. The molecule has 31 heavy (non-hydrogen) atoms. The zero-order valence-electron chi connectivity index (χ0n) is 16.9. The van der Waals surface area contributed by atoms with Crippen LogP contribution in [-0.4, -0.2) is 26.0 Å². The second-order valence-electron chi connectivity index (χ2n) is 6.70. The maximum absolute atomic E-state index is 13.5. The third-order valence-corrected chi connectivity index (χ3v) is 4.91. The minimum Gasteiger partial charge on any atom is -0.495 e.